The van der Waals surface area contributed by atoms with Gasteiger partial charge in [-0.05, 0) is 29.3 Å². The van der Waals surface area contributed by atoms with E-state index in [0.717, 1.165) is 11.1 Å². The predicted octanol–water partition coefficient (Wildman–Crippen LogP) is 2.63. The number of carbonyl (C=O) groups is 1. The molecule has 110 valence electrons. The smallest absolute Gasteiger partial charge is 0.307 e. The first-order valence-corrected chi connectivity index (χ1v) is 7.72. The molecule has 2 aromatic carbocycles. The van der Waals surface area contributed by atoms with Crippen molar-refractivity contribution in [3.05, 3.63) is 59.7 Å². The van der Waals surface area contributed by atoms with Crippen molar-refractivity contribution in [3.8, 4) is 5.75 Å². The third kappa shape index (κ3) is 4.43. The largest absolute Gasteiger partial charge is 0.497 e. The normalized spacial score (nSPS) is 11.9. The Kier molecular flexibility index (Phi) is 5.11. The van der Waals surface area contributed by atoms with Crippen LogP contribution in [0.25, 0.3) is 0 Å². The third-order valence-corrected chi connectivity index (χ3v) is 4.36. The molecule has 0 amide bonds. The minimum absolute atomic E-state index is 0.000741. The number of aliphatic carboxylic acids is 1. The molecule has 0 aliphatic heterocycles. The number of methoxy groups -OCH3 is 1. The molecule has 1 N–H and O–H groups in total. The fourth-order valence-electron chi connectivity index (χ4n) is 1.91. The lowest BCUT2D eigenvalue weighted by Gasteiger charge is -2.06. The highest BCUT2D eigenvalue weighted by molar-refractivity contribution is 7.84. The Bertz CT molecular complexity index is 650. The quantitative estimate of drug-likeness (QED) is 0.891. The molecule has 1 atom stereocenters. The van der Waals surface area contributed by atoms with E-state index in [4.69, 9.17) is 9.84 Å². The van der Waals surface area contributed by atoms with Crippen LogP contribution in [0.1, 0.15) is 11.1 Å². The molecule has 4 nitrogen and oxygen atoms in total. The zero-order valence-electron chi connectivity index (χ0n) is 11.6. The molecule has 2 aromatic rings. The van der Waals surface area contributed by atoms with Gasteiger partial charge < -0.3 is 9.84 Å². The summed E-state index contributed by atoms with van der Waals surface area (Å²) in [6.45, 7) is 0. The molecule has 0 aliphatic rings. The number of carboxylic acid groups (broad SMARTS) is 1. The van der Waals surface area contributed by atoms with Crippen LogP contribution in [0.3, 0.4) is 0 Å². The predicted molar refractivity (Wildman–Crippen MR) is 80.9 cm³/mol. The zero-order chi connectivity index (χ0) is 15.2. The maximum Gasteiger partial charge on any atom is 0.307 e. The van der Waals surface area contributed by atoms with E-state index in [1.165, 1.54) is 0 Å². The second kappa shape index (κ2) is 7.04. The molecule has 0 aliphatic carbocycles. The topological polar surface area (TPSA) is 63.6 Å². The molecule has 0 heterocycles. The van der Waals surface area contributed by atoms with E-state index < -0.39 is 16.8 Å². The van der Waals surface area contributed by atoms with E-state index in [1.54, 1.807) is 37.4 Å². The summed E-state index contributed by atoms with van der Waals surface area (Å²) < 4.78 is 17.4. The van der Waals surface area contributed by atoms with Gasteiger partial charge in [0.15, 0.2) is 0 Å². The van der Waals surface area contributed by atoms with Crippen molar-refractivity contribution in [2.75, 3.05) is 7.11 Å². The summed E-state index contributed by atoms with van der Waals surface area (Å²) in [5.74, 6) is 0.209. The van der Waals surface area contributed by atoms with Crippen LogP contribution < -0.4 is 4.74 Å². The van der Waals surface area contributed by atoms with E-state index in [-0.39, 0.29) is 6.42 Å². The molecule has 1 unspecified atom stereocenters. The second-order valence-electron chi connectivity index (χ2n) is 4.56. The van der Waals surface area contributed by atoms with Crippen LogP contribution >= 0.6 is 0 Å². The molecule has 0 bridgehead atoms. The van der Waals surface area contributed by atoms with Crippen LogP contribution in [0.4, 0.5) is 0 Å². The lowest BCUT2D eigenvalue weighted by atomic mass is 10.1. The second-order valence-corrected chi connectivity index (χ2v) is 6.01. The van der Waals surface area contributed by atoms with Crippen LogP contribution in [0.15, 0.2) is 53.4 Å². The van der Waals surface area contributed by atoms with Crippen molar-refractivity contribution in [2.24, 2.45) is 0 Å². The van der Waals surface area contributed by atoms with Crippen LogP contribution in [0.2, 0.25) is 0 Å². The number of benzene rings is 2. The van der Waals surface area contributed by atoms with Crippen molar-refractivity contribution in [1.82, 2.24) is 0 Å². The van der Waals surface area contributed by atoms with Gasteiger partial charge in [0, 0.05) is 4.90 Å². The Labute approximate surface area is 125 Å². The van der Waals surface area contributed by atoms with Crippen molar-refractivity contribution >= 4 is 16.8 Å². The summed E-state index contributed by atoms with van der Waals surface area (Å²) in [4.78, 5) is 11.3. The number of hydrogen-bond donors (Lipinski definition) is 1. The van der Waals surface area contributed by atoms with Crippen molar-refractivity contribution in [2.45, 2.75) is 17.1 Å². The summed E-state index contributed by atoms with van der Waals surface area (Å²) in [6, 6.07) is 14.3. The Hall–Kier alpha value is -2.14. The summed E-state index contributed by atoms with van der Waals surface area (Å²) in [7, 11) is 0.413. The van der Waals surface area contributed by atoms with Gasteiger partial charge in [-0.1, -0.05) is 30.3 Å². The first kappa shape index (κ1) is 15.3. The van der Waals surface area contributed by atoms with Gasteiger partial charge in [-0.15, -0.1) is 0 Å². The molecule has 0 radical (unpaired) electrons. The van der Waals surface area contributed by atoms with Gasteiger partial charge in [0.25, 0.3) is 0 Å². The van der Waals surface area contributed by atoms with Gasteiger partial charge >= 0.3 is 5.97 Å². The number of ether oxygens (including phenoxy) is 1. The summed E-state index contributed by atoms with van der Waals surface area (Å²) in [6.07, 6.45) is -0.000741. The van der Waals surface area contributed by atoms with Crippen molar-refractivity contribution < 1.29 is 18.8 Å². The monoisotopic (exact) mass is 304 g/mol. The van der Waals surface area contributed by atoms with Crippen LogP contribution in [-0.2, 0) is 27.8 Å². The Morgan fingerprint density at radius 3 is 2.43 bits per heavy atom. The van der Waals surface area contributed by atoms with Crippen LogP contribution in [-0.4, -0.2) is 22.4 Å². The highest BCUT2D eigenvalue weighted by atomic mass is 32.2. The fourth-order valence-corrected chi connectivity index (χ4v) is 3.05. The summed E-state index contributed by atoms with van der Waals surface area (Å²) in [5.41, 5.74) is 1.64. The first-order valence-electron chi connectivity index (χ1n) is 6.40. The molecule has 0 fully saturated rings. The molecular weight excluding hydrogens is 288 g/mol. The van der Waals surface area contributed by atoms with E-state index in [2.05, 4.69) is 0 Å². The van der Waals surface area contributed by atoms with E-state index >= 15 is 0 Å². The van der Waals surface area contributed by atoms with Gasteiger partial charge in [-0.2, -0.15) is 0 Å². The van der Waals surface area contributed by atoms with Crippen molar-refractivity contribution in [3.63, 3.8) is 0 Å². The maximum absolute atomic E-state index is 12.3. The van der Waals surface area contributed by atoms with E-state index in [0.29, 0.717) is 16.4 Å². The molecule has 0 aromatic heterocycles. The van der Waals surface area contributed by atoms with Gasteiger partial charge in [0.05, 0.1) is 30.1 Å². The van der Waals surface area contributed by atoms with E-state index in [1.807, 2.05) is 18.2 Å². The summed E-state index contributed by atoms with van der Waals surface area (Å²) in [5, 5.41) is 8.72. The summed E-state index contributed by atoms with van der Waals surface area (Å²) >= 11 is 0. The molecule has 0 saturated carbocycles. The molecule has 21 heavy (non-hydrogen) atoms. The van der Waals surface area contributed by atoms with Gasteiger partial charge in [0.2, 0.25) is 0 Å². The lowest BCUT2D eigenvalue weighted by Crippen LogP contribution is -2.01. The Morgan fingerprint density at radius 1 is 1.14 bits per heavy atom. The van der Waals surface area contributed by atoms with Gasteiger partial charge in [-0.25, -0.2) is 0 Å². The molecule has 0 spiro atoms. The lowest BCUT2D eigenvalue weighted by molar-refractivity contribution is -0.136. The Balaban J connectivity index is 2.06. The molecule has 0 saturated heterocycles. The minimum Gasteiger partial charge on any atom is -0.497 e. The SMILES string of the molecule is COc1cccc(S(=O)Cc2ccc(CC(=O)O)cc2)c1. The van der Waals surface area contributed by atoms with Gasteiger partial charge in [-0.3, -0.25) is 9.00 Å². The highest BCUT2D eigenvalue weighted by Gasteiger charge is 2.07. The van der Waals surface area contributed by atoms with E-state index in [9.17, 15) is 9.00 Å². The van der Waals surface area contributed by atoms with Gasteiger partial charge in [0.1, 0.15) is 5.75 Å². The van der Waals surface area contributed by atoms with Crippen LogP contribution in [0, 0.1) is 0 Å². The average Bonchev–Trinajstić information content (AvgIpc) is 2.49. The molecule has 2 rings (SSSR count). The zero-order valence-corrected chi connectivity index (χ0v) is 12.4. The van der Waals surface area contributed by atoms with Crippen molar-refractivity contribution in [1.29, 1.82) is 0 Å². The standard InChI is InChI=1S/C16H16O4S/c1-20-14-3-2-4-15(10-14)21(19)11-13-7-5-12(6-8-13)9-16(17)18/h2-8,10H,9,11H2,1H3,(H,17,18). The maximum atomic E-state index is 12.3. The molecule has 5 heteroatoms. The molecular formula is C16H16O4S. The number of hydrogen-bond acceptors (Lipinski definition) is 3. The first-order chi connectivity index (χ1) is 10.1. The third-order valence-electron chi connectivity index (χ3n) is 2.98. The average molecular weight is 304 g/mol. The Morgan fingerprint density at radius 2 is 1.81 bits per heavy atom. The fraction of sp³-hybridized carbons (Fsp3) is 0.188. The van der Waals surface area contributed by atoms with Crippen LogP contribution in [0.5, 0.6) is 5.75 Å². The highest BCUT2D eigenvalue weighted by Crippen LogP contribution is 2.18. The minimum atomic E-state index is -1.16. The number of rotatable bonds is 6. The number of carboxylic acids is 1.